The Morgan fingerprint density at radius 2 is 2.14 bits per heavy atom. The van der Waals surface area contributed by atoms with Crippen LogP contribution in [-0.4, -0.2) is 39.5 Å². The molecule has 0 amide bonds. The maximum Gasteiger partial charge on any atom is 0.342 e. The lowest BCUT2D eigenvalue weighted by atomic mass is 10.2. The van der Waals surface area contributed by atoms with E-state index in [9.17, 15) is 9.90 Å². The minimum Gasteiger partial charge on any atom is -0.486 e. The molecule has 0 unspecified atom stereocenters. The van der Waals surface area contributed by atoms with Gasteiger partial charge in [0.05, 0.1) is 0 Å². The molecule has 2 N–H and O–H groups in total. The number of aliphatic carboxylic acids is 1. The van der Waals surface area contributed by atoms with Crippen LogP contribution in [0.25, 0.3) is 6.08 Å². The van der Waals surface area contributed by atoms with Crippen LogP contribution >= 0.6 is 11.8 Å². The molecule has 0 saturated heterocycles. The molecule has 22 heavy (non-hydrogen) atoms. The van der Waals surface area contributed by atoms with Crippen LogP contribution in [0.4, 0.5) is 0 Å². The molecule has 0 spiro atoms. The minimum absolute atomic E-state index is 0.121. The first-order valence-electron chi connectivity index (χ1n) is 6.53. The third-order valence-corrected chi connectivity index (χ3v) is 3.73. The first-order chi connectivity index (χ1) is 10.6. The Hall–Kier alpha value is -2.48. The number of nitrogens with one attached hydrogen (secondary N) is 1. The maximum atomic E-state index is 11.4. The second kappa shape index (κ2) is 6.10. The Bertz CT molecular complexity index is 741. The summed E-state index contributed by atoms with van der Waals surface area (Å²) >= 11 is 0.986. The van der Waals surface area contributed by atoms with Crippen LogP contribution in [-0.2, 0) is 4.79 Å². The summed E-state index contributed by atoms with van der Waals surface area (Å²) in [4.78, 5) is 15.6. The highest BCUT2D eigenvalue weighted by atomic mass is 32.2. The van der Waals surface area contributed by atoms with E-state index >= 15 is 0 Å². The van der Waals surface area contributed by atoms with Gasteiger partial charge in [0.25, 0.3) is 0 Å². The van der Waals surface area contributed by atoms with Crippen molar-refractivity contribution in [3.8, 4) is 11.5 Å². The normalized spacial score (nSPS) is 14.0. The number of carboxylic acids is 1. The molecule has 3 rings (SSSR count). The number of aromatic amines is 1. The number of aryl methyl sites for hydroxylation is 1. The molecule has 1 aromatic carbocycles. The zero-order valence-electron chi connectivity index (χ0n) is 11.7. The number of benzene rings is 1. The molecule has 0 bridgehead atoms. The van der Waals surface area contributed by atoms with Gasteiger partial charge in [0.1, 0.15) is 23.9 Å². The highest BCUT2D eigenvalue weighted by molar-refractivity contribution is 8.04. The molecular weight excluding hydrogens is 306 g/mol. The largest absolute Gasteiger partial charge is 0.486 e. The van der Waals surface area contributed by atoms with Crippen LogP contribution in [0.1, 0.15) is 11.4 Å². The summed E-state index contributed by atoms with van der Waals surface area (Å²) in [6, 6.07) is 5.29. The maximum absolute atomic E-state index is 11.4. The summed E-state index contributed by atoms with van der Waals surface area (Å²) in [5.41, 5.74) is 0.710. The number of rotatable bonds is 4. The van der Waals surface area contributed by atoms with E-state index < -0.39 is 5.97 Å². The van der Waals surface area contributed by atoms with Crippen LogP contribution in [0.5, 0.6) is 11.5 Å². The van der Waals surface area contributed by atoms with E-state index in [0.29, 0.717) is 41.3 Å². The van der Waals surface area contributed by atoms with Gasteiger partial charge in [0.2, 0.25) is 5.16 Å². The van der Waals surface area contributed by atoms with E-state index in [1.54, 1.807) is 31.2 Å². The van der Waals surface area contributed by atoms with Crippen molar-refractivity contribution in [1.82, 2.24) is 15.2 Å². The van der Waals surface area contributed by atoms with Crippen molar-refractivity contribution in [3.05, 3.63) is 34.5 Å². The molecule has 1 aliphatic heterocycles. The van der Waals surface area contributed by atoms with Crippen LogP contribution in [0.15, 0.2) is 28.3 Å². The van der Waals surface area contributed by atoms with Gasteiger partial charge in [0.15, 0.2) is 11.5 Å². The second-order valence-corrected chi connectivity index (χ2v) is 5.53. The molecule has 0 fully saturated rings. The van der Waals surface area contributed by atoms with Gasteiger partial charge in [-0.3, -0.25) is 5.10 Å². The van der Waals surface area contributed by atoms with Crippen molar-refractivity contribution in [2.75, 3.05) is 13.2 Å². The first-order valence-corrected chi connectivity index (χ1v) is 7.35. The third-order valence-electron chi connectivity index (χ3n) is 2.85. The summed E-state index contributed by atoms with van der Waals surface area (Å²) < 4.78 is 10.9. The number of ether oxygens (including phenoxy) is 2. The van der Waals surface area contributed by atoms with Gasteiger partial charge in [-0.15, -0.1) is 5.10 Å². The van der Waals surface area contributed by atoms with Crippen LogP contribution in [0.3, 0.4) is 0 Å². The lowest BCUT2D eigenvalue weighted by molar-refractivity contribution is -0.131. The molecule has 1 aromatic heterocycles. The number of fused-ring (bicyclic) bond motifs is 1. The van der Waals surface area contributed by atoms with E-state index in [-0.39, 0.29) is 4.91 Å². The molecule has 7 nitrogen and oxygen atoms in total. The summed E-state index contributed by atoms with van der Waals surface area (Å²) in [5.74, 6) is 0.870. The van der Waals surface area contributed by atoms with E-state index in [0.717, 1.165) is 11.8 Å². The Morgan fingerprint density at radius 3 is 2.82 bits per heavy atom. The van der Waals surface area contributed by atoms with E-state index in [1.165, 1.54) is 0 Å². The third kappa shape index (κ3) is 3.22. The van der Waals surface area contributed by atoms with Crippen LogP contribution in [0, 0.1) is 6.92 Å². The highest BCUT2D eigenvalue weighted by Gasteiger charge is 2.15. The standard InChI is InChI=1S/C14H13N3O4S/c1-8-15-14(17-16-8)22-12(13(18)19)7-9-2-3-10-11(6-9)21-5-4-20-10/h2-3,6-7H,4-5H2,1H3,(H,18,19)(H,15,16,17)/b12-7-. The molecule has 0 radical (unpaired) electrons. The number of carboxylic acid groups (broad SMARTS) is 1. The number of H-pyrrole nitrogens is 1. The van der Waals surface area contributed by atoms with Crippen molar-refractivity contribution in [2.24, 2.45) is 0 Å². The van der Waals surface area contributed by atoms with Crippen molar-refractivity contribution in [1.29, 1.82) is 0 Å². The lowest BCUT2D eigenvalue weighted by Crippen LogP contribution is -2.15. The molecule has 8 heteroatoms. The molecule has 2 aromatic rings. The van der Waals surface area contributed by atoms with Gasteiger partial charge in [-0.2, -0.15) is 0 Å². The monoisotopic (exact) mass is 319 g/mol. The number of carbonyl (C=O) groups is 1. The first kappa shape index (κ1) is 14.5. The number of nitrogens with zero attached hydrogens (tertiary/aromatic N) is 2. The Labute approximate surface area is 130 Å². The number of hydrogen-bond acceptors (Lipinski definition) is 6. The minimum atomic E-state index is -1.04. The zero-order valence-corrected chi connectivity index (χ0v) is 12.5. The molecule has 0 atom stereocenters. The fourth-order valence-electron chi connectivity index (χ4n) is 1.90. The van der Waals surface area contributed by atoms with Gasteiger partial charge >= 0.3 is 5.97 Å². The van der Waals surface area contributed by atoms with E-state index in [4.69, 9.17) is 9.47 Å². The second-order valence-electron chi connectivity index (χ2n) is 4.52. The lowest BCUT2D eigenvalue weighted by Gasteiger charge is -2.18. The fourth-order valence-corrected chi connectivity index (χ4v) is 2.66. The predicted octanol–water partition coefficient (Wildman–Crippen LogP) is 2.10. The van der Waals surface area contributed by atoms with Crippen molar-refractivity contribution in [3.63, 3.8) is 0 Å². The summed E-state index contributed by atoms with van der Waals surface area (Å²) in [6.07, 6.45) is 1.55. The van der Waals surface area contributed by atoms with Crippen LogP contribution < -0.4 is 9.47 Å². The number of thioether (sulfide) groups is 1. The molecule has 1 aliphatic rings. The van der Waals surface area contributed by atoms with Crippen molar-refractivity contribution < 1.29 is 19.4 Å². The zero-order chi connectivity index (χ0) is 15.5. The number of hydrogen-bond donors (Lipinski definition) is 2. The van der Waals surface area contributed by atoms with Crippen LogP contribution in [0.2, 0.25) is 0 Å². The number of aromatic nitrogens is 3. The Morgan fingerprint density at radius 1 is 1.36 bits per heavy atom. The molecule has 0 saturated carbocycles. The van der Waals surface area contributed by atoms with Gasteiger partial charge in [-0.05, 0) is 42.5 Å². The summed E-state index contributed by atoms with van der Waals surface area (Å²) in [6.45, 7) is 2.75. The quantitative estimate of drug-likeness (QED) is 0.658. The van der Waals surface area contributed by atoms with Gasteiger partial charge < -0.3 is 14.6 Å². The highest BCUT2D eigenvalue weighted by Crippen LogP contribution is 2.33. The molecule has 2 heterocycles. The molecule has 0 aliphatic carbocycles. The average Bonchev–Trinajstić information content (AvgIpc) is 2.91. The average molecular weight is 319 g/mol. The topological polar surface area (TPSA) is 97.3 Å². The Balaban J connectivity index is 1.87. The Kier molecular flexibility index (Phi) is 4.01. The fraction of sp³-hybridized carbons (Fsp3) is 0.214. The van der Waals surface area contributed by atoms with Gasteiger partial charge in [-0.1, -0.05) is 6.07 Å². The smallest absolute Gasteiger partial charge is 0.342 e. The van der Waals surface area contributed by atoms with Crippen molar-refractivity contribution in [2.45, 2.75) is 12.1 Å². The van der Waals surface area contributed by atoms with E-state index in [1.807, 2.05) is 0 Å². The molecule has 114 valence electrons. The SMILES string of the molecule is Cc1nc(S/C(=C\c2ccc3c(c2)OCCO3)C(=O)O)n[nH]1. The molecular formula is C14H13N3O4S. The summed E-state index contributed by atoms with van der Waals surface area (Å²) in [7, 11) is 0. The van der Waals surface area contributed by atoms with Crippen molar-refractivity contribution >= 4 is 23.8 Å². The van der Waals surface area contributed by atoms with Gasteiger partial charge in [0, 0.05) is 0 Å². The summed E-state index contributed by atoms with van der Waals surface area (Å²) in [5, 5.41) is 16.3. The van der Waals surface area contributed by atoms with Gasteiger partial charge in [-0.25, -0.2) is 9.78 Å². The van der Waals surface area contributed by atoms with E-state index in [2.05, 4.69) is 15.2 Å². The predicted molar refractivity (Wildman–Crippen MR) is 80.0 cm³/mol.